The molecule has 2 aromatic rings. The number of hydrogen-bond acceptors (Lipinski definition) is 8. The summed E-state index contributed by atoms with van der Waals surface area (Å²) in [6.07, 6.45) is 7.49. The molecular weight excluding hydrogens is 662 g/mol. The third kappa shape index (κ3) is 11.2. The number of nitrogens with one attached hydrogen (secondary N) is 4. The molecule has 0 spiro atoms. The first-order chi connectivity index (χ1) is 24.6. The number of Topliss-reactive ketones (excluding diaryl/α,β-unsaturated/α-hetero) is 1. The van der Waals surface area contributed by atoms with E-state index >= 15 is 0 Å². The van der Waals surface area contributed by atoms with Crippen molar-refractivity contribution in [1.29, 1.82) is 0 Å². The summed E-state index contributed by atoms with van der Waals surface area (Å²) in [5.41, 5.74) is 0.119. The fourth-order valence-corrected chi connectivity index (χ4v) is 6.49. The first-order valence-electron chi connectivity index (χ1n) is 18.5. The predicted octanol–water partition coefficient (Wildman–Crippen LogP) is 3.90. The van der Waals surface area contributed by atoms with Gasteiger partial charge < -0.3 is 26.2 Å². The molecule has 0 bridgehead atoms. The minimum absolute atomic E-state index is 0.0236. The van der Waals surface area contributed by atoms with Crippen LogP contribution >= 0.6 is 0 Å². The van der Waals surface area contributed by atoms with Crippen LogP contribution in [-0.4, -0.2) is 80.9 Å². The Hall–Kier alpha value is -4.68. The molecule has 5 amide bonds. The van der Waals surface area contributed by atoms with Crippen LogP contribution in [0.2, 0.25) is 0 Å². The average molecular weight is 720 g/mol. The number of amides is 5. The zero-order chi connectivity index (χ0) is 38.6. The van der Waals surface area contributed by atoms with Gasteiger partial charge in [-0.2, -0.15) is 0 Å². The Morgan fingerprint density at radius 3 is 2.17 bits per heavy atom. The lowest BCUT2D eigenvalue weighted by Crippen LogP contribution is -2.61. The summed E-state index contributed by atoms with van der Waals surface area (Å²) in [6.45, 7) is 15.2. The minimum Gasteiger partial charge on any atom is -0.344 e. The number of ketones is 1. The number of hydrogen-bond donors (Lipinski definition) is 4. The molecule has 284 valence electrons. The summed E-state index contributed by atoms with van der Waals surface area (Å²) >= 11 is 0. The molecule has 13 heteroatoms. The Kier molecular flexibility index (Phi) is 15.4. The van der Waals surface area contributed by atoms with Crippen molar-refractivity contribution in [3.05, 3.63) is 60.2 Å². The number of nitrogens with zero attached hydrogens (tertiary/aromatic N) is 3. The number of carbonyl (C=O) groups excluding carboxylic acids is 6. The fraction of sp³-hybridized carbons (Fsp3) is 0.590. The topological polar surface area (TPSA) is 180 Å². The van der Waals surface area contributed by atoms with Crippen LogP contribution in [-0.2, 0) is 24.0 Å². The predicted molar refractivity (Wildman–Crippen MR) is 197 cm³/mol. The van der Waals surface area contributed by atoms with Gasteiger partial charge in [0.15, 0.2) is 0 Å². The molecule has 4 N–H and O–H groups in total. The SMILES string of the molecule is CCC[C@@H]1C[C@@H](C(=O)N[C@@H](CCC)C(=O)C(=O)N[C@@H](C)c2ccccc2)N(C(=O)[C@@H](NC(=O)[C@@H](NC(=O)c2cnccn2)C(C)CC)C(C)(C)C)C1. The van der Waals surface area contributed by atoms with E-state index in [4.69, 9.17) is 0 Å². The number of aromatic nitrogens is 2. The summed E-state index contributed by atoms with van der Waals surface area (Å²) < 4.78 is 0. The van der Waals surface area contributed by atoms with Crippen molar-refractivity contribution in [2.75, 3.05) is 6.54 Å². The minimum atomic E-state index is -1.07. The Labute approximate surface area is 307 Å². The van der Waals surface area contributed by atoms with Crippen molar-refractivity contribution in [3.63, 3.8) is 0 Å². The third-order valence-electron chi connectivity index (χ3n) is 9.73. The van der Waals surface area contributed by atoms with Gasteiger partial charge in [-0.05, 0) is 49.0 Å². The number of rotatable bonds is 17. The third-order valence-corrected chi connectivity index (χ3v) is 9.73. The zero-order valence-electron chi connectivity index (χ0n) is 31.9. The Bertz CT molecular complexity index is 1530. The van der Waals surface area contributed by atoms with Gasteiger partial charge in [0, 0.05) is 18.9 Å². The summed E-state index contributed by atoms with van der Waals surface area (Å²) in [6, 6.07) is 4.84. The molecule has 3 rings (SSSR count). The van der Waals surface area contributed by atoms with Gasteiger partial charge in [0.2, 0.25) is 23.5 Å². The van der Waals surface area contributed by atoms with E-state index in [1.165, 1.54) is 23.5 Å². The highest BCUT2D eigenvalue weighted by Gasteiger charge is 2.46. The quantitative estimate of drug-likeness (QED) is 0.178. The van der Waals surface area contributed by atoms with Crippen molar-refractivity contribution in [2.24, 2.45) is 17.3 Å². The molecule has 1 aromatic heterocycles. The van der Waals surface area contributed by atoms with Crippen molar-refractivity contribution in [3.8, 4) is 0 Å². The van der Waals surface area contributed by atoms with Crippen LogP contribution in [0.1, 0.15) is 116 Å². The van der Waals surface area contributed by atoms with Crippen LogP contribution in [0.25, 0.3) is 0 Å². The summed E-state index contributed by atoms with van der Waals surface area (Å²) in [5, 5.41) is 11.2. The van der Waals surface area contributed by atoms with Gasteiger partial charge in [0.05, 0.1) is 18.3 Å². The van der Waals surface area contributed by atoms with Gasteiger partial charge in [-0.3, -0.25) is 33.8 Å². The lowest BCUT2D eigenvalue weighted by Gasteiger charge is -2.37. The standard InChI is InChI=1S/C39H57N7O6/c1-9-15-26-21-30(35(49)43-28(16-10-2)32(47)37(51)42-25(5)27-17-13-12-14-18-27)46(23-26)38(52)33(39(6,7)8)45-36(50)31(24(4)11-3)44-34(48)29-22-40-19-20-41-29/h12-14,17-20,22,24-26,28,30-31,33H,9-11,15-16,21,23H2,1-8H3,(H,42,51)(H,43,49)(H,44,48)(H,45,50)/t24?,25-,26+,28-,30-,31-,33+/m0/s1. The molecular formula is C39H57N7O6. The second kappa shape index (κ2) is 19.2. The molecule has 1 saturated heterocycles. The van der Waals surface area contributed by atoms with Crippen LogP contribution in [0, 0.1) is 17.3 Å². The van der Waals surface area contributed by atoms with E-state index in [1.54, 1.807) is 6.92 Å². The first-order valence-corrected chi connectivity index (χ1v) is 18.5. The molecule has 13 nitrogen and oxygen atoms in total. The highest BCUT2D eigenvalue weighted by Crippen LogP contribution is 2.31. The molecule has 0 saturated carbocycles. The molecule has 1 aliphatic rings. The largest absolute Gasteiger partial charge is 0.344 e. The lowest BCUT2D eigenvalue weighted by molar-refractivity contribution is -0.145. The highest BCUT2D eigenvalue weighted by atomic mass is 16.2. The van der Waals surface area contributed by atoms with Gasteiger partial charge in [-0.25, -0.2) is 4.98 Å². The van der Waals surface area contributed by atoms with Crippen molar-refractivity contribution >= 4 is 35.3 Å². The van der Waals surface area contributed by atoms with Crippen molar-refractivity contribution in [2.45, 2.75) is 124 Å². The van der Waals surface area contributed by atoms with E-state index < -0.39 is 70.9 Å². The molecule has 1 unspecified atom stereocenters. The van der Waals surface area contributed by atoms with Crippen LogP contribution in [0.15, 0.2) is 48.9 Å². The average Bonchev–Trinajstić information content (AvgIpc) is 3.56. The second-order valence-corrected chi connectivity index (χ2v) is 15.0. The van der Waals surface area contributed by atoms with Gasteiger partial charge in [-0.1, -0.05) is 98.1 Å². The van der Waals surface area contributed by atoms with Crippen LogP contribution in [0.4, 0.5) is 0 Å². The molecule has 52 heavy (non-hydrogen) atoms. The smallest absolute Gasteiger partial charge is 0.290 e. The first kappa shape index (κ1) is 41.7. The van der Waals surface area contributed by atoms with Crippen LogP contribution < -0.4 is 21.3 Å². The van der Waals surface area contributed by atoms with Crippen LogP contribution in [0.3, 0.4) is 0 Å². The molecule has 1 aliphatic heterocycles. The fourth-order valence-electron chi connectivity index (χ4n) is 6.49. The molecule has 2 heterocycles. The van der Waals surface area contributed by atoms with E-state index in [2.05, 4.69) is 31.2 Å². The van der Waals surface area contributed by atoms with Gasteiger partial charge in [-0.15, -0.1) is 0 Å². The normalized spacial score (nSPS) is 18.7. The molecule has 7 atom stereocenters. The molecule has 1 aromatic carbocycles. The molecule has 0 aliphatic carbocycles. The maximum absolute atomic E-state index is 14.5. The number of benzene rings is 1. The number of likely N-dealkylation sites (tertiary alicyclic amines) is 1. The van der Waals surface area contributed by atoms with Gasteiger partial charge in [0.25, 0.3) is 11.8 Å². The van der Waals surface area contributed by atoms with E-state index in [-0.39, 0.29) is 24.0 Å². The summed E-state index contributed by atoms with van der Waals surface area (Å²) in [4.78, 5) is 91.4. The van der Waals surface area contributed by atoms with Gasteiger partial charge >= 0.3 is 0 Å². The Morgan fingerprint density at radius 2 is 1.60 bits per heavy atom. The molecule has 0 radical (unpaired) electrons. The van der Waals surface area contributed by atoms with Crippen molar-refractivity contribution < 1.29 is 28.8 Å². The van der Waals surface area contributed by atoms with E-state index in [0.717, 1.165) is 18.4 Å². The maximum Gasteiger partial charge on any atom is 0.290 e. The monoisotopic (exact) mass is 719 g/mol. The molecule has 1 fully saturated rings. The van der Waals surface area contributed by atoms with Gasteiger partial charge in [0.1, 0.15) is 23.8 Å². The highest BCUT2D eigenvalue weighted by molar-refractivity contribution is 6.38. The van der Waals surface area contributed by atoms with E-state index in [0.29, 0.717) is 25.8 Å². The summed E-state index contributed by atoms with van der Waals surface area (Å²) in [5.74, 6) is -3.85. The second-order valence-electron chi connectivity index (χ2n) is 15.0. The zero-order valence-corrected chi connectivity index (χ0v) is 31.9. The Morgan fingerprint density at radius 1 is 0.904 bits per heavy atom. The van der Waals surface area contributed by atoms with Crippen LogP contribution in [0.5, 0.6) is 0 Å². The Balaban J connectivity index is 1.83. The maximum atomic E-state index is 14.5. The number of carbonyl (C=O) groups is 6. The lowest BCUT2D eigenvalue weighted by atomic mass is 9.85. The van der Waals surface area contributed by atoms with E-state index in [1.807, 2.05) is 78.8 Å². The van der Waals surface area contributed by atoms with Crippen molar-refractivity contribution in [1.82, 2.24) is 36.1 Å². The summed E-state index contributed by atoms with van der Waals surface area (Å²) in [7, 11) is 0. The van der Waals surface area contributed by atoms with E-state index in [9.17, 15) is 28.8 Å².